The third kappa shape index (κ3) is 2.14. The normalized spacial score (nSPS) is 12.9. The Hall–Kier alpha value is -2.43. The summed E-state index contributed by atoms with van der Waals surface area (Å²) >= 11 is 0. The molecule has 1 aliphatic heterocycles. The Labute approximate surface area is 109 Å². The Morgan fingerprint density at radius 3 is 2.95 bits per heavy atom. The van der Waals surface area contributed by atoms with Gasteiger partial charge in [0.2, 0.25) is 5.82 Å². The van der Waals surface area contributed by atoms with E-state index in [1.54, 1.807) is 13.0 Å². The zero-order chi connectivity index (χ0) is 13.4. The number of carboxylic acids is 1. The number of benzene rings is 1. The van der Waals surface area contributed by atoms with Crippen LogP contribution in [0, 0.1) is 6.92 Å². The van der Waals surface area contributed by atoms with Crippen LogP contribution in [0.25, 0.3) is 11.3 Å². The van der Waals surface area contributed by atoms with Crippen molar-refractivity contribution in [2.24, 2.45) is 0 Å². The maximum Gasteiger partial charge on any atom is 0.373 e. The Kier molecular flexibility index (Phi) is 2.67. The molecule has 96 valence electrons. The maximum absolute atomic E-state index is 11.0. The molecule has 1 aromatic carbocycles. The van der Waals surface area contributed by atoms with E-state index in [9.17, 15) is 4.79 Å². The topological polar surface area (TPSA) is 72.3 Å². The standard InChI is InChI=1S/C14H12N2O3/c1-8-6-11(16-13(15-8)14(17)18)9-2-3-12-10(7-9)4-5-19-12/h2-3,6-7H,4-5H2,1H3,(H,17,18). The van der Waals surface area contributed by atoms with E-state index in [-0.39, 0.29) is 5.82 Å². The van der Waals surface area contributed by atoms with Crippen LogP contribution in [0.4, 0.5) is 0 Å². The van der Waals surface area contributed by atoms with Crippen molar-refractivity contribution >= 4 is 5.97 Å². The highest BCUT2D eigenvalue weighted by Gasteiger charge is 2.15. The number of carbonyl (C=O) groups is 1. The first-order valence-electron chi connectivity index (χ1n) is 5.98. The van der Waals surface area contributed by atoms with Gasteiger partial charge in [-0.3, -0.25) is 0 Å². The number of hydrogen-bond acceptors (Lipinski definition) is 4. The minimum absolute atomic E-state index is 0.174. The van der Waals surface area contributed by atoms with Crippen molar-refractivity contribution in [1.29, 1.82) is 0 Å². The molecule has 0 amide bonds. The largest absolute Gasteiger partial charge is 0.493 e. The van der Waals surface area contributed by atoms with Gasteiger partial charge in [-0.05, 0) is 36.8 Å². The number of ether oxygens (including phenoxy) is 1. The predicted octanol–water partition coefficient (Wildman–Crippen LogP) is 2.09. The molecular formula is C14H12N2O3. The van der Waals surface area contributed by atoms with Gasteiger partial charge in [0.25, 0.3) is 0 Å². The molecule has 0 bridgehead atoms. The molecule has 0 aliphatic carbocycles. The molecule has 1 aromatic heterocycles. The van der Waals surface area contributed by atoms with Gasteiger partial charge < -0.3 is 9.84 Å². The Balaban J connectivity index is 2.09. The third-order valence-corrected chi connectivity index (χ3v) is 3.03. The van der Waals surface area contributed by atoms with Gasteiger partial charge in [-0.1, -0.05) is 0 Å². The lowest BCUT2D eigenvalue weighted by molar-refractivity contribution is 0.0683. The molecule has 1 aliphatic rings. The van der Waals surface area contributed by atoms with Crippen molar-refractivity contribution in [1.82, 2.24) is 9.97 Å². The highest BCUT2D eigenvalue weighted by Crippen LogP contribution is 2.29. The van der Waals surface area contributed by atoms with Gasteiger partial charge in [-0.15, -0.1) is 0 Å². The number of fused-ring (bicyclic) bond motifs is 1. The first-order chi connectivity index (χ1) is 9.13. The van der Waals surface area contributed by atoms with E-state index in [2.05, 4.69) is 9.97 Å². The van der Waals surface area contributed by atoms with E-state index in [0.29, 0.717) is 18.0 Å². The van der Waals surface area contributed by atoms with Crippen LogP contribution < -0.4 is 4.74 Å². The summed E-state index contributed by atoms with van der Waals surface area (Å²) in [7, 11) is 0. The zero-order valence-electron chi connectivity index (χ0n) is 10.4. The van der Waals surface area contributed by atoms with E-state index >= 15 is 0 Å². The molecule has 5 heteroatoms. The molecule has 2 aromatic rings. The lowest BCUT2D eigenvalue weighted by Crippen LogP contribution is -2.06. The van der Waals surface area contributed by atoms with Crippen molar-refractivity contribution in [3.8, 4) is 17.0 Å². The summed E-state index contributed by atoms with van der Waals surface area (Å²) in [6.45, 7) is 2.45. The minimum Gasteiger partial charge on any atom is -0.493 e. The second-order valence-electron chi connectivity index (χ2n) is 4.44. The average molecular weight is 256 g/mol. The van der Waals surface area contributed by atoms with Crippen LogP contribution in [0.2, 0.25) is 0 Å². The molecule has 19 heavy (non-hydrogen) atoms. The highest BCUT2D eigenvalue weighted by atomic mass is 16.5. The fourth-order valence-corrected chi connectivity index (χ4v) is 2.16. The number of rotatable bonds is 2. The highest BCUT2D eigenvalue weighted by molar-refractivity contribution is 5.84. The van der Waals surface area contributed by atoms with Gasteiger partial charge in [0.05, 0.1) is 12.3 Å². The lowest BCUT2D eigenvalue weighted by atomic mass is 10.1. The quantitative estimate of drug-likeness (QED) is 0.890. The number of hydrogen-bond donors (Lipinski definition) is 1. The second-order valence-corrected chi connectivity index (χ2v) is 4.44. The Morgan fingerprint density at radius 1 is 1.32 bits per heavy atom. The molecular weight excluding hydrogens is 244 g/mol. The van der Waals surface area contributed by atoms with Crippen molar-refractivity contribution in [3.05, 3.63) is 41.3 Å². The minimum atomic E-state index is -1.12. The SMILES string of the molecule is Cc1cc(-c2ccc3c(c2)CCO3)nc(C(=O)O)n1. The van der Waals surface area contributed by atoms with Crippen LogP contribution in [0.15, 0.2) is 24.3 Å². The van der Waals surface area contributed by atoms with E-state index in [1.807, 2.05) is 18.2 Å². The lowest BCUT2D eigenvalue weighted by Gasteiger charge is -2.05. The summed E-state index contributed by atoms with van der Waals surface area (Å²) < 4.78 is 5.45. The molecule has 0 spiro atoms. The smallest absolute Gasteiger partial charge is 0.373 e. The van der Waals surface area contributed by atoms with Gasteiger partial charge in [-0.2, -0.15) is 0 Å². The molecule has 0 radical (unpaired) electrons. The van der Waals surface area contributed by atoms with Crippen molar-refractivity contribution in [2.45, 2.75) is 13.3 Å². The summed E-state index contributed by atoms with van der Waals surface area (Å²) in [6, 6.07) is 7.56. The number of aryl methyl sites for hydroxylation is 1. The van der Waals surface area contributed by atoms with Crippen molar-refractivity contribution in [3.63, 3.8) is 0 Å². The van der Waals surface area contributed by atoms with E-state index < -0.39 is 5.97 Å². The summed E-state index contributed by atoms with van der Waals surface area (Å²) in [5.74, 6) is -0.394. The first kappa shape index (κ1) is 11.6. The first-order valence-corrected chi connectivity index (χ1v) is 5.98. The van der Waals surface area contributed by atoms with Crippen LogP contribution in [-0.2, 0) is 6.42 Å². The average Bonchev–Trinajstić information content (AvgIpc) is 2.85. The number of aromatic nitrogens is 2. The van der Waals surface area contributed by atoms with Gasteiger partial charge in [0.1, 0.15) is 5.75 Å². The third-order valence-electron chi connectivity index (χ3n) is 3.03. The Morgan fingerprint density at radius 2 is 2.16 bits per heavy atom. The monoisotopic (exact) mass is 256 g/mol. The van der Waals surface area contributed by atoms with Crippen molar-refractivity contribution < 1.29 is 14.6 Å². The maximum atomic E-state index is 11.0. The van der Waals surface area contributed by atoms with Crippen LogP contribution >= 0.6 is 0 Å². The molecule has 3 rings (SSSR count). The molecule has 0 unspecified atom stereocenters. The van der Waals surface area contributed by atoms with Crippen LogP contribution in [0.3, 0.4) is 0 Å². The van der Waals surface area contributed by atoms with E-state index in [4.69, 9.17) is 9.84 Å². The van der Waals surface area contributed by atoms with Crippen molar-refractivity contribution in [2.75, 3.05) is 6.61 Å². The van der Waals surface area contributed by atoms with Crippen LogP contribution in [0.5, 0.6) is 5.75 Å². The fourth-order valence-electron chi connectivity index (χ4n) is 2.16. The second kappa shape index (κ2) is 4.35. The zero-order valence-corrected chi connectivity index (χ0v) is 10.4. The van der Waals surface area contributed by atoms with Gasteiger partial charge in [-0.25, -0.2) is 14.8 Å². The fraction of sp³-hybridized carbons (Fsp3) is 0.214. The van der Waals surface area contributed by atoms with E-state index in [0.717, 1.165) is 23.3 Å². The van der Waals surface area contributed by atoms with Gasteiger partial charge >= 0.3 is 5.97 Å². The summed E-state index contributed by atoms with van der Waals surface area (Å²) in [4.78, 5) is 19.0. The molecule has 0 saturated carbocycles. The molecule has 5 nitrogen and oxygen atoms in total. The number of nitrogens with zero attached hydrogens (tertiary/aromatic N) is 2. The summed E-state index contributed by atoms with van der Waals surface area (Å²) in [6.07, 6.45) is 0.874. The van der Waals surface area contributed by atoms with Gasteiger partial charge in [0.15, 0.2) is 0 Å². The molecule has 2 heterocycles. The van der Waals surface area contributed by atoms with Crippen LogP contribution in [-0.4, -0.2) is 27.7 Å². The molecule has 0 atom stereocenters. The summed E-state index contributed by atoms with van der Waals surface area (Å²) in [5, 5.41) is 8.99. The summed E-state index contributed by atoms with van der Waals surface area (Å²) in [5.41, 5.74) is 3.28. The Bertz CT molecular complexity index is 668. The molecule has 0 saturated heterocycles. The number of aromatic carboxylic acids is 1. The predicted molar refractivity (Wildman–Crippen MR) is 68.4 cm³/mol. The number of carboxylic acid groups (broad SMARTS) is 1. The van der Waals surface area contributed by atoms with E-state index in [1.165, 1.54) is 0 Å². The van der Waals surface area contributed by atoms with Gasteiger partial charge in [0, 0.05) is 17.7 Å². The molecule has 0 fully saturated rings. The van der Waals surface area contributed by atoms with Crippen LogP contribution in [0.1, 0.15) is 21.9 Å². The molecule has 1 N–H and O–H groups in total.